The first-order valence-corrected chi connectivity index (χ1v) is 8.74. The van der Waals surface area contributed by atoms with E-state index in [0.717, 1.165) is 16.5 Å². The van der Waals surface area contributed by atoms with Crippen LogP contribution in [0.2, 0.25) is 5.02 Å². The van der Waals surface area contributed by atoms with E-state index in [1.807, 2.05) is 42.5 Å². The molecule has 5 heteroatoms. The Bertz CT molecular complexity index is 1090. The molecule has 0 saturated carbocycles. The second-order valence-electron chi connectivity index (χ2n) is 5.85. The molecule has 1 aromatic heterocycles. The van der Waals surface area contributed by atoms with Gasteiger partial charge in [-0.25, -0.2) is 4.79 Å². The second kappa shape index (κ2) is 7.56. The van der Waals surface area contributed by atoms with E-state index in [4.69, 9.17) is 25.5 Å². The van der Waals surface area contributed by atoms with E-state index in [9.17, 15) is 4.79 Å². The molecule has 0 radical (unpaired) electrons. The Morgan fingerprint density at radius 1 is 0.852 bits per heavy atom. The number of rotatable bonds is 5. The Labute approximate surface area is 160 Å². The average molecular weight is 379 g/mol. The zero-order valence-electron chi connectivity index (χ0n) is 14.2. The fraction of sp³-hybridized carbons (Fsp3) is 0.0455. The molecule has 4 nitrogen and oxygen atoms in total. The minimum atomic E-state index is -0.612. The van der Waals surface area contributed by atoms with Crippen molar-refractivity contribution in [3.8, 4) is 11.5 Å². The van der Waals surface area contributed by atoms with Gasteiger partial charge in [-0.3, -0.25) is 0 Å². The molecule has 4 rings (SSSR count). The fourth-order valence-corrected chi connectivity index (χ4v) is 2.89. The van der Waals surface area contributed by atoms with Crippen LogP contribution in [0.5, 0.6) is 11.5 Å². The van der Waals surface area contributed by atoms with Crippen LogP contribution >= 0.6 is 11.6 Å². The van der Waals surface area contributed by atoms with Gasteiger partial charge in [0.1, 0.15) is 23.9 Å². The van der Waals surface area contributed by atoms with E-state index in [2.05, 4.69) is 0 Å². The van der Waals surface area contributed by atoms with Crippen LogP contribution in [0, 0.1) is 0 Å². The number of benzene rings is 3. The van der Waals surface area contributed by atoms with Gasteiger partial charge in [0.15, 0.2) is 0 Å². The lowest BCUT2D eigenvalue weighted by molar-refractivity contribution is 0.0697. The van der Waals surface area contributed by atoms with Gasteiger partial charge in [-0.2, -0.15) is 0 Å². The summed E-state index contributed by atoms with van der Waals surface area (Å²) in [5.41, 5.74) is 0. The molecule has 0 amide bonds. The molecule has 0 fully saturated rings. The lowest BCUT2D eigenvalue weighted by Gasteiger charge is -2.08. The largest absolute Gasteiger partial charge is 0.485 e. The Kier molecular flexibility index (Phi) is 4.81. The van der Waals surface area contributed by atoms with Gasteiger partial charge in [0.05, 0.1) is 5.02 Å². The van der Waals surface area contributed by atoms with Crippen molar-refractivity contribution in [2.24, 2.45) is 0 Å². The normalized spacial score (nSPS) is 10.7. The second-order valence-corrected chi connectivity index (χ2v) is 6.26. The highest BCUT2D eigenvalue weighted by molar-refractivity contribution is 6.32. The molecule has 0 aliphatic rings. The fourth-order valence-electron chi connectivity index (χ4n) is 2.71. The summed E-state index contributed by atoms with van der Waals surface area (Å²) >= 11 is 6.00. The Morgan fingerprint density at radius 2 is 1.59 bits per heavy atom. The summed E-state index contributed by atoms with van der Waals surface area (Å²) in [6.07, 6.45) is 0. The smallest absolute Gasteiger partial charge is 0.379 e. The monoisotopic (exact) mass is 378 g/mol. The maximum Gasteiger partial charge on any atom is 0.379 e. The minimum absolute atomic E-state index is 0.0893. The van der Waals surface area contributed by atoms with Crippen molar-refractivity contribution < 1.29 is 18.7 Å². The van der Waals surface area contributed by atoms with E-state index < -0.39 is 5.97 Å². The van der Waals surface area contributed by atoms with Crippen LogP contribution in [-0.4, -0.2) is 5.97 Å². The molecule has 0 N–H and O–H groups in total. The van der Waals surface area contributed by atoms with Crippen LogP contribution in [0.15, 0.2) is 83.3 Å². The molecule has 0 saturated heterocycles. The lowest BCUT2D eigenvalue weighted by atomic mass is 10.1. The molecular formula is C22H15ClO4. The lowest BCUT2D eigenvalue weighted by Crippen LogP contribution is -2.07. The molecular weight excluding hydrogens is 364 g/mol. The summed E-state index contributed by atoms with van der Waals surface area (Å²) in [7, 11) is 0. The molecule has 0 bridgehead atoms. The number of carbonyl (C=O) groups excluding carboxylic acids is 1. The predicted octanol–water partition coefficient (Wildman–Crippen LogP) is 5.88. The summed E-state index contributed by atoms with van der Waals surface area (Å²) in [5.74, 6) is 1.04. The molecule has 134 valence electrons. The number of esters is 1. The van der Waals surface area contributed by atoms with E-state index in [1.165, 1.54) is 0 Å². The number of hydrogen-bond acceptors (Lipinski definition) is 4. The number of fused-ring (bicyclic) bond motifs is 1. The number of carbonyl (C=O) groups is 1. The van der Waals surface area contributed by atoms with Crippen LogP contribution in [0.4, 0.5) is 0 Å². The SMILES string of the molecule is O=C(Oc1ccccc1Cl)c1ccc(COc2cccc3ccccc23)o1. The standard InChI is InChI=1S/C22H15ClO4/c23-18-9-3-4-10-20(18)27-22(24)21-13-12-16(26-21)14-25-19-11-5-7-15-6-1-2-8-17(15)19/h1-13H,14H2. The van der Waals surface area contributed by atoms with E-state index in [-0.39, 0.29) is 18.1 Å². The highest BCUT2D eigenvalue weighted by atomic mass is 35.5. The topological polar surface area (TPSA) is 48.7 Å². The number of ether oxygens (including phenoxy) is 2. The van der Waals surface area contributed by atoms with Crippen molar-refractivity contribution in [2.45, 2.75) is 6.61 Å². The van der Waals surface area contributed by atoms with Crippen molar-refractivity contribution in [2.75, 3.05) is 0 Å². The van der Waals surface area contributed by atoms with Gasteiger partial charge < -0.3 is 13.9 Å². The highest BCUT2D eigenvalue weighted by Crippen LogP contribution is 2.27. The number of halogens is 1. The zero-order valence-corrected chi connectivity index (χ0v) is 15.0. The molecule has 3 aromatic carbocycles. The quantitative estimate of drug-likeness (QED) is 0.321. The molecule has 0 unspecified atom stereocenters. The number of hydrogen-bond donors (Lipinski definition) is 0. The van der Waals surface area contributed by atoms with E-state index in [0.29, 0.717) is 10.8 Å². The minimum Gasteiger partial charge on any atom is -0.485 e. The molecule has 0 spiro atoms. The van der Waals surface area contributed by atoms with Crippen molar-refractivity contribution >= 4 is 28.3 Å². The number of para-hydroxylation sites is 1. The van der Waals surface area contributed by atoms with Gasteiger partial charge in [-0.15, -0.1) is 0 Å². The van der Waals surface area contributed by atoms with Gasteiger partial charge >= 0.3 is 5.97 Å². The molecule has 27 heavy (non-hydrogen) atoms. The molecule has 1 heterocycles. The Balaban J connectivity index is 1.45. The maximum atomic E-state index is 12.2. The average Bonchev–Trinajstić information content (AvgIpc) is 3.17. The van der Waals surface area contributed by atoms with Crippen molar-refractivity contribution in [1.82, 2.24) is 0 Å². The van der Waals surface area contributed by atoms with Gasteiger partial charge in [0.25, 0.3) is 0 Å². The van der Waals surface area contributed by atoms with Gasteiger partial charge in [-0.1, -0.05) is 60.1 Å². The third-order valence-electron chi connectivity index (χ3n) is 4.02. The highest BCUT2D eigenvalue weighted by Gasteiger charge is 2.15. The summed E-state index contributed by atoms with van der Waals surface area (Å²) in [6, 6.07) is 23.8. The van der Waals surface area contributed by atoms with E-state index >= 15 is 0 Å². The van der Waals surface area contributed by atoms with Gasteiger partial charge in [0, 0.05) is 5.39 Å². The van der Waals surface area contributed by atoms with E-state index in [1.54, 1.807) is 36.4 Å². The maximum absolute atomic E-state index is 12.2. The third kappa shape index (κ3) is 3.81. The van der Waals surface area contributed by atoms with Gasteiger partial charge in [-0.05, 0) is 35.7 Å². The van der Waals surface area contributed by atoms with Gasteiger partial charge in [0.2, 0.25) is 5.76 Å². The van der Waals surface area contributed by atoms with Crippen molar-refractivity contribution in [3.05, 3.63) is 95.4 Å². The first-order valence-electron chi connectivity index (χ1n) is 8.37. The Morgan fingerprint density at radius 3 is 2.48 bits per heavy atom. The Hall–Kier alpha value is -3.24. The molecule has 0 aliphatic heterocycles. The van der Waals surface area contributed by atoms with Crippen LogP contribution in [0.3, 0.4) is 0 Å². The zero-order chi connectivity index (χ0) is 18.6. The first-order chi connectivity index (χ1) is 13.2. The third-order valence-corrected chi connectivity index (χ3v) is 4.33. The summed E-state index contributed by atoms with van der Waals surface area (Å²) in [6.45, 7) is 0.202. The predicted molar refractivity (Wildman–Crippen MR) is 103 cm³/mol. The van der Waals surface area contributed by atoms with Crippen LogP contribution < -0.4 is 9.47 Å². The van der Waals surface area contributed by atoms with Crippen LogP contribution in [0.1, 0.15) is 16.3 Å². The molecule has 4 aromatic rings. The summed E-state index contributed by atoms with van der Waals surface area (Å²) in [4.78, 5) is 12.2. The summed E-state index contributed by atoms with van der Waals surface area (Å²) < 4.78 is 16.7. The summed E-state index contributed by atoms with van der Waals surface area (Å²) in [5, 5.41) is 2.47. The first kappa shape index (κ1) is 17.2. The number of furan rings is 1. The van der Waals surface area contributed by atoms with Crippen LogP contribution in [-0.2, 0) is 6.61 Å². The molecule has 0 aliphatic carbocycles. The van der Waals surface area contributed by atoms with Crippen molar-refractivity contribution in [1.29, 1.82) is 0 Å². The van der Waals surface area contributed by atoms with Crippen molar-refractivity contribution in [3.63, 3.8) is 0 Å². The molecule has 0 atom stereocenters. The van der Waals surface area contributed by atoms with Crippen LogP contribution in [0.25, 0.3) is 10.8 Å².